The summed E-state index contributed by atoms with van der Waals surface area (Å²) in [6.45, 7) is 8.42. The molecule has 0 bridgehead atoms. The van der Waals surface area contributed by atoms with Crippen molar-refractivity contribution in [3.8, 4) is 0 Å². The number of amides is 1. The van der Waals surface area contributed by atoms with Crippen molar-refractivity contribution >= 4 is 5.91 Å². The molecule has 0 spiro atoms. The van der Waals surface area contributed by atoms with Gasteiger partial charge in [0.2, 0.25) is 5.91 Å². The SMILES string of the molecule is CC(C)C(C)NC(=O)C1CCCC(N)C1C. The van der Waals surface area contributed by atoms with Gasteiger partial charge < -0.3 is 11.1 Å². The molecule has 3 N–H and O–H groups in total. The van der Waals surface area contributed by atoms with E-state index < -0.39 is 0 Å². The van der Waals surface area contributed by atoms with Crippen LogP contribution in [0.2, 0.25) is 0 Å². The summed E-state index contributed by atoms with van der Waals surface area (Å²) in [5.41, 5.74) is 6.02. The van der Waals surface area contributed by atoms with Crippen LogP contribution in [0.1, 0.15) is 47.0 Å². The maximum Gasteiger partial charge on any atom is 0.223 e. The van der Waals surface area contributed by atoms with Gasteiger partial charge in [-0.3, -0.25) is 4.79 Å². The minimum atomic E-state index is 0.116. The first-order chi connectivity index (χ1) is 7.43. The van der Waals surface area contributed by atoms with E-state index in [1.54, 1.807) is 0 Å². The molecule has 0 aromatic heterocycles. The largest absolute Gasteiger partial charge is 0.353 e. The Bertz CT molecular complexity index is 240. The van der Waals surface area contributed by atoms with Crippen molar-refractivity contribution in [2.45, 2.75) is 59.0 Å². The Morgan fingerprint density at radius 1 is 1.31 bits per heavy atom. The van der Waals surface area contributed by atoms with E-state index in [1.807, 2.05) is 0 Å². The summed E-state index contributed by atoms with van der Waals surface area (Å²) in [7, 11) is 0. The molecule has 0 aliphatic heterocycles. The third kappa shape index (κ3) is 3.21. The monoisotopic (exact) mass is 226 g/mol. The normalized spacial score (nSPS) is 32.5. The minimum Gasteiger partial charge on any atom is -0.353 e. The van der Waals surface area contributed by atoms with Gasteiger partial charge in [0.25, 0.3) is 0 Å². The average Bonchev–Trinajstić information content (AvgIpc) is 2.21. The van der Waals surface area contributed by atoms with Crippen molar-refractivity contribution in [2.75, 3.05) is 0 Å². The van der Waals surface area contributed by atoms with Gasteiger partial charge in [-0.15, -0.1) is 0 Å². The van der Waals surface area contributed by atoms with Gasteiger partial charge in [0.15, 0.2) is 0 Å². The second-order valence-electron chi connectivity index (χ2n) is 5.60. The van der Waals surface area contributed by atoms with E-state index in [-0.39, 0.29) is 23.9 Å². The average molecular weight is 226 g/mol. The summed E-state index contributed by atoms with van der Waals surface area (Å²) >= 11 is 0. The number of nitrogens with two attached hydrogens (primary N) is 1. The molecule has 1 aliphatic carbocycles. The number of rotatable bonds is 3. The molecular weight excluding hydrogens is 200 g/mol. The third-order valence-electron chi connectivity index (χ3n) is 4.07. The summed E-state index contributed by atoms with van der Waals surface area (Å²) in [4.78, 5) is 12.1. The fourth-order valence-corrected chi connectivity index (χ4v) is 2.27. The van der Waals surface area contributed by atoms with Crippen LogP contribution >= 0.6 is 0 Å². The molecule has 4 atom stereocenters. The van der Waals surface area contributed by atoms with Crippen LogP contribution in [0.3, 0.4) is 0 Å². The predicted octanol–water partition coefficient (Wildman–Crippen LogP) is 1.91. The summed E-state index contributed by atoms with van der Waals surface area (Å²) in [5, 5.41) is 3.11. The molecule has 16 heavy (non-hydrogen) atoms. The zero-order valence-electron chi connectivity index (χ0n) is 11.0. The van der Waals surface area contributed by atoms with Gasteiger partial charge in [-0.2, -0.15) is 0 Å². The molecule has 0 heterocycles. The quantitative estimate of drug-likeness (QED) is 0.772. The number of hydrogen-bond acceptors (Lipinski definition) is 2. The Kier molecular flexibility index (Phi) is 4.78. The third-order valence-corrected chi connectivity index (χ3v) is 4.07. The van der Waals surface area contributed by atoms with E-state index in [0.29, 0.717) is 11.8 Å². The summed E-state index contributed by atoms with van der Waals surface area (Å²) in [6.07, 6.45) is 3.13. The number of carbonyl (C=O) groups is 1. The standard InChI is InChI=1S/C13H26N2O/c1-8(2)10(4)15-13(16)11-6-5-7-12(14)9(11)3/h8-12H,5-7,14H2,1-4H3,(H,15,16). The highest BCUT2D eigenvalue weighted by Crippen LogP contribution is 2.29. The Labute approximate surface area is 99.2 Å². The van der Waals surface area contributed by atoms with Crippen molar-refractivity contribution in [3.63, 3.8) is 0 Å². The van der Waals surface area contributed by atoms with Crippen LogP contribution in [0, 0.1) is 17.8 Å². The van der Waals surface area contributed by atoms with Crippen LogP contribution in [0.4, 0.5) is 0 Å². The number of hydrogen-bond donors (Lipinski definition) is 2. The van der Waals surface area contributed by atoms with E-state index in [1.165, 1.54) is 0 Å². The number of carbonyl (C=O) groups excluding carboxylic acids is 1. The number of nitrogens with one attached hydrogen (secondary N) is 1. The molecule has 1 aliphatic rings. The summed E-state index contributed by atoms with van der Waals surface area (Å²) in [6, 6.07) is 0.441. The van der Waals surface area contributed by atoms with Gasteiger partial charge in [-0.25, -0.2) is 0 Å². The molecule has 1 fully saturated rings. The fraction of sp³-hybridized carbons (Fsp3) is 0.923. The second-order valence-corrected chi connectivity index (χ2v) is 5.60. The second kappa shape index (κ2) is 5.67. The Hall–Kier alpha value is -0.570. The van der Waals surface area contributed by atoms with E-state index in [0.717, 1.165) is 19.3 Å². The predicted molar refractivity (Wildman–Crippen MR) is 66.9 cm³/mol. The Morgan fingerprint density at radius 3 is 2.50 bits per heavy atom. The first-order valence-electron chi connectivity index (χ1n) is 6.49. The lowest BCUT2D eigenvalue weighted by Crippen LogP contribution is -2.47. The van der Waals surface area contributed by atoms with Crippen LogP contribution in [0.5, 0.6) is 0 Å². The molecule has 3 nitrogen and oxygen atoms in total. The van der Waals surface area contributed by atoms with Crippen LogP contribution in [0.25, 0.3) is 0 Å². The van der Waals surface area contributed by atoms with Gasteiger partial charge >= 0.3 is 0 Å². The minimum absolute atomic E-state index is 0.116. The zero-order valence-corrected chi connectivity index (χ0v) is 11.0. The van der Waals surface area contributed by atoms with Gasteiger partial charge in [-0.05, 0) is 31.6 Å². The molecule has 3 heteroatoms. The van der Waals surface area contributed by atoms with Crippen LogP contribution in [-0.4, -0.2) is 18.0 Å². The van der Waals surface area contributed by atoms with Crippen molar-refractivity contribution in [2.24, 2.45) is 23.5 Å². The van der Waals surface area contributed by atoms with Gasteiger partial charge in [0.1, 0.15) is 0 Å². The lowest BCUT2D eigenvalue weighted by molar-refractivity contribution is -0.128. The van der Waals surface area contributed by atoms with Gasteiger partial charge in [0, 0.05) is 18.0 Å². The lowest BCUT2D eigenvalue weighted by atomic mass is 9.76. The topological polar surface area (TPSA) is 55.1 Å². The fourth-order valence-electron chi connectivity index (χ4n) is 2.27. The molecule has 4 unspecified atom stereocenters. The first-order valence-corrected chi connectivity index (χ1v) is 6.49. The first kappa shape index (κ1) is 13.5. The molecule has 0 aromatic carbocycles. The molecule has 1 saturated carbocycles. The van der Waals surface area contributed by atoms with Crippen molar-refractivity contribution in [1.29, 1.82) is 0 Å². The van der Waals surface area contributed by atoms with E-state index in [4.69, 9.17) is 5.73 Å². The van der Waals surface area contributed by atoms with Crippen LogP contribution < -0.4 is 11.1 Å². The smallest absolute Gasteiger partial charge is 0.223 e. The molecule has 0 saturated heterocycles. The summed E-state index contributed by atoms with van der Waals surface area (Å²) in [5.74, 6) is 1.11. The maximum atomic E-state index is 12.1. The van der Waals surface area contributed by atoms with Crippen LogP contribution in [-0.2, 0) is 4.79 Å². The summed E-state index contributed by atoms with van der Waals surface area (Å²) < 4.78 is 0. The molecule has 94 valence electrons. The molecule has 1 amide bonds. The van der Waals surface area contributed by atoms with Crippen molar-refractivity contribution in [1.82, 2.24) is 5.32 Å². The Balaban J connectivity index is 2.52. The molecular formula is C13H26N2O. The van der Waals surface area contributed by atoms with Gasteiger partial charge in [-0.1, -0.05) is 27.2 Å². The van der Waals surface area contributed by atoms with Crippen molar-refractivity contribution < 1.29 is 4.79 Å². The van der Waals surface area contributed by atoms with Crippen molar-refractivity contribution in [3.05, 3.63) is 0 Å². The molecule has 0 aromatic rings. The molecule has 0 radical (unpaired) electrons. The van der Waals surface area contributed by atoms with E-state index in [9.17, 15) is 4.79 Å². The lowest BCUT2D eigenvalue weighted by Gasteiger charge is -2.34. The highest BCUT2D eigenvalue weighted by molar-refractivity contribution is 5.79. The molecule has 1 rings (SSSR count). The van der Waals surface area contributed by atoms with Gasteiger partial charge in [0.05, 0.1) is 0 Å². The highest BCUT2D eigenvalue weighted by Gasteiger charge is 2.33. The maximum absolute atomic E-state index is 12.1. The van der Waals surface area contributed by atoms with E-state index in [2.05, 4.69) is 33.0 Å². The zero-order chi connectivity index (χ0) is 12.3. The Morgan fingerprint density at radius 2 is 1.94 bits per heavy atom. The highest BCUT2D eigenvalue weighted by atomic mass is 16.1. The van der Waals surface area contributed by atoms with E-state index >= 15 is 0 Å². The van der Waals surface area contributed by atoms with Crippen LogP contribution in [0.15, 0.2) is 0 Å².